The lowest BCUT2D eigenvalue weighted by atomic mass is 10.0. The van der Waals surface area contributed by atoms with Gasteiger partial charge in [-0.3, -0.25) is 0 Å². The topological polar surface area (TPSA) is 20.2 Å². The van der Waals surface area contributed by atoms with E-state index in [1.165, 1.54) is 4.43 Å². The number of aliphatic hydroxyl groups is 1. The molecule has 56 valence electrons. The predicted molar refractivity (Wildman–Crippen MR) is 48.9 cm³/mol. The van der Waals surface area contributed by atoms with Crippen molar-refractivity contribution in [3.8, 4) is 0 Å². The maximum Gasteiger partial charge on any atom is 0.0456 e. The van der Waals surface area contributed by atoms with Crippen molar-refractivity contribution in [2.45, 2.75) is 20.3 Å². The van der Waals surface area contributed by atoms with Crippen molar-refractivity contribution < 1.29 is 5.11 Å². The summed E-state index contributed by atoms with van der Waals surface area (Å²) >= 11 is 2.38. The van der Waals surface area contributed by atoms with E-state index >= 15 is 0 Å². The van der Waals surface area contributed by atoms with Gasteiger partial charge in [0.1, 0.15) is 0 Å². The van der Waals surface area contributed by atoms with Crippen LogP contribution in [-0.2, 0) is 0 Å². The highest BCUT2D eigenvalue weighted by Crippen LogP contribution is 2.12. The zero-order valence-corrected chi connectivity index (χ0v) is 8.26. The fourth-order valence-corrected chi connectivity index (χ4v) is 1.18. The molecule has 0 amide bonds. The lowest BCUT2D eigenvalue weighted by Gasteiger charge is -2.11. The summed E-state index contributed by atoms with van der Waals surface area (Å²) < 4.78 is 1.20. The summed E-state index contributed by atoms with van der Waals surface area (Å²) in [4.78, 5) is 0. The average Bonchev–Trinajstić information content (AvgIpc) is 1.87. The van der Waals surface area contributed by atoms with Crippen LogP contribution >= 0.6 is 22.6 Å². The smallest absolute Gasteiger partial charge is 0.0456 e. The van der Waals surface area contributed by atoms with Crippen LogP contribution in [0.2, 0.25) is 0 Å². The zero-order valence-electron chi connectivity index (χ0n) is 6.10. The maximum atomic E-state index is 8.68. The Hall–Kier alpha value is 0.690. The van der Waals surface area contributed by atoms with Gasteiger partial charge in [-0.05, 0) is 18.3 Å². The third kappa shape index (κ3) is 5.15. The van der Waals surface area contributed by atoms with Gasteiger partial charge in [-0.15, -0.1) is 0 Å². The normalized spacial score (nSPS) is 17.3. The molecule has 0 unspecified atom stereocenters. The molecule has 2 atom stereocenters. The van der Waals surface area contributed by atoms with Gasteiger partial charge in [0.05, 0.1) is 0 Å². The summed E-state index contributed by atoms with van der Waals surface area (Å²) in [5.41, 5.74) is 0. The second-order valence-corrected chi connectivity index (χ2v) is 3.66. The molecule has 0 aromatic rings. The monoisotopic (exact) mass is 242 g/mol. The summed E-state index contributed by atoms with van der Waals surface area (Å²) in [5.74, 6) is 1.24. The van der Waals surface area contributed by atoms with E-state index in [-0.39, 0.29) is 0 Å². The number of aliphatic hydroxyl groups excluding tert-OH is 1. The highest BCUT2D eigenvalue weighted by Gasteiger charge is 2.05. The van der Waals surface area contributed by atoms with Gasteiger partial charge in [0.25, 0.3) is 0 Å². The third-order valence-electron chi connectivity index (χ3n) is 1.38. The van der Waals surface area contributed by atoms with E-state index in [4.69, 9.17) is 5.11 Å². The van der Waals surface area contributed by atoms with Gasteiger partial charge >= 0.3 is 0 Å². The Morgan fingerprint density at radius 2 is 1.89 bits per heavy atom. The molecule has 0 aliphatic rings. The molecule has 0 spiro atoms. The predicted octanol–water partition coefficient (Wildman–Crippen LogP) is 2.08. The van der Waals surface area contributed by atoms with E-state index in [0.717, 1.165) is 12.3 Å². The zero-order chi connectivity index (χ0) is 7.28. The number of hydrogen-bond acceptors (Lipinski definition) is 1. The van der Waals surface area contributed by atoms with Crippen LogP contribution in [0.5, 0.6) is 0 Å². The van der Waals surface area contributed by atoms with Crippen LogP contribution in [0, 0.1) is 11.8 Å². The van der Waals surface area contributed by atoms with Crippen LogP contribution in [-0.4, -0.2) is 16.1 Å². The van der Waals surface area contributed by atoms with Crippen molar-refractivity contribution in [2.24, 2.45) is 11.8 Å². The molecule has 0 bridgehead atoms. The molecule has 0 fully saturated rings. The molecule has 0 aromatic carbocycles. The van der Waals surface area contributed by atoms with E-state index < -0.39 is 0 Å². The summed E-state index contributed by atoms with van der Waals surface area (Å²) in [5, 5.41) is 8.68. The van der Waals surface area contributed by atoms with Crippen molar-refractivity contribution >= 4 is 22.6 Å². The van der Waals surface area contributed by atoms with E-state index in [1.807, 2.05) is 0 Å². The standard InChI is InChI=1S/C7H15IO/c1-6(4-8)3-7(2)5-9/h6-7,9H,3-5H2,1-2H3/t6-,7+/m1/s1. The second kappa shape index (κ2) is 5.47. The molecule has 0 rings (SSSR count). The highest BCUT2D eigenvalue weighted by atomic mass is 127. The first-order chi connectivity index (χ1) is 4.20. The Bertz CT molecular complexity index is 57.9. The van der Waals surface area contributed by atoms with Gasteiger partial charge in [-0.25, -0.2) is 0 Å². The van der Waals surface area contributed by atoms with Crippen LogP contribution in [0.25, 0.3) is 0 Å². The van der Waals surface area contributed by atoms with Crippen molar-refractivity contribution in [3.05, 3.63) is 0 Å². The molecule has 0 saturated carbocycles. The second-order valence-electron chi connectivity index (χ2n) is 2.78. The fourth-order valence-electron chi connectivity index (χ4n) is 0.824. The van der Waals surface area contributed by atoms with Crippen molar-refractivity contribution in [1.29, 1.82) is 0 Å². The largest absolute Gasteiger partial charge is 0.396 e. The van der Waals surface area contributed by atoms with E-state index in [1.54, 1.807) is 0 Å². The fraction of sp³-hybridized carbons (Fsp3) is 1.00. The van der Waals surface area contributed by atoms with E-state index in [9.17, 15) is 0 Å². The van der Waals surface area contributed by atoms with E-state index in [2.05, 4.69) is 36.4 Å². The quantitative estimate of drug-likeness (QED) is 0.591. The number of halogens is 1. The summed E-state index contributed by atoms with van der Waals surface area (Å²) in [7, 11) is 0. The van der Waals surface area contributed by atoms with Gasteiger partial charge < -0.3 is 5.11 Å². The third-order valence-corrected chi connectivity index (χ3v) is 2.88. The van der Waals surface area contributed by atoms with Crippen molar-refractivity contribution in [2.75, 3.05) is 11.0 Å². The molecule has 0 aliphatic carbocycles. The molecule has 1 nitrogen and oxygen atoms in total. The molecule has 0 saturated heterocycles. The van der Waals surface area contributed by atoms with Crippen molar-refractivity contribution in [3.63, 3.8) is 0 Å². The van der Waals surface area contributed by atoms with Gasteiger partial charge in [0.15, 0.2) is 0 Å². The summed E-state index contributed by atoms with van der Waals surface area (Å²) in [6, 6.07) is 0. The number of rotatable bonds is 4. The van der Waals surface area contributed by atoms with Gasteiger partial charge in [0.2, 0.25) is 0 Å². The summed E-state index contributed by atoms with van der Waals surface area (Å²) in [6.07, 6.45) is 1.15. The van der Waals surface area contributed by atoms with Crippen LogP contribution in [0.4, 0.5) is 0 Å². The Morgan fingerprint density at radius 1 is 1.33 bits per heavy atom. The van der Waals surface area contributed by atoms with Crippen molar-refractivity contribution in [1.82, 2.24) is 0 Å². The lowest BCUT2D eigenvalue weighted by Crippen LogP contribution is -2.07. The molecule has 2 heteroatoms. The molecule has 9 heavy (non-hydrogen) atoms. The minimum atomic E-state index is 0.334. The van der Waals surface area contributed by atoms with Gasteiger partial charge in [0, 0.05) is 11.0 Å². The molecule has 0 aliphatic heterocycles. The minimum absolute atomic E-state index is 0.334. The first-order valence-corrected chi connectivity index (χ1v) is 4.90. The number of hydrogen-bond donors (Lipinski definition) is 1. The molecule has 1 N–H and O–H groups in total. The molecular weight excluding hydrogens is 227 g/mol. The molecule has 0 radical (unpaired) electrons. The lowest BCUT2D eigenvalue weighted by molar-refractivity contribution is 0.219. The van der Waals surface area contributed by atoms with Gasteiger partial charge in [-0.1, -0.05) is 36.4 Å². The molecule has 0 heterocycles. The summed E-state index contributed by atoms with van der Waals surface area (Å²) in [6.45, 7) is 4.64. The highest BCUT2D eigenvalue weighted by molar-refractivity contribution is 14.1. The Morgan fingerprint density at radius 3 is 2.22 bits per heavy atom. The van der Waals surface area contributed by atoms with Crippen LogP contribution in [0.3, 0.4) is 0 Å². The Kier molecular flexibility index (Phi) is 5.89. The Balaban J connectivity index is 3.22. The van der Waals surface area contributed by atoms with Crippen LogP contribution in [0.15, 0.2) is 0 Å². The number of alkyl halides is 1. The maximum absolute atomic E-state index is 8.68. The average molecular weight is 242 g/mol. The minimum Gasteiger partial charge on any atom is -0.396 e. The Labute approximate surface area is 71.0 Å². The van der Waals surface area contributed by atoms with Crippen LogP contribution < -0.4 is 0 Å². The van der Waals surface area contributed by atoms with Crippen LogP contribution in [0.1, 0.15) is 20.3 Å². The first-order valence-electron chi connectivity index (χ1n) is 3.37. The first kappa shape index (κ1) is 9.69. The van der Waals surface area contributed by atoms with E-state index in [0.29, 0.717) is 12.5 Å². The molecule has 0 aromatic heterocycles. The molecular formula is C7H15IO. The van der Waals surface area contributed by atoms with Gasteiger partial charge in [-0.2, -0.15) is 0 Å². The SMILES string of the molecule is C[C@H](CO)C[C@@H](C)CI.